The Hall–Kier alpha value is -2.80. The molecule has 0 fully saturated rings. The van der Waals surface area contributed by atoms with Gasteiger partial charge in [0.05, 0.1) is 10.6 Å². The number of carbonyl (C=O) groups excluding carboxylic acids is 1. The van der Waals surface area contributed by atoms with E-state index in [-0.39, 0.29) is 16.3 Å². The summed E-state index contributed by atoms with van der Waals surface area (Å²) in [4.78, 5) is 22.5. The van der Waals surface area contributed by atoms with Gasteiger partial charge in [-0.3, -0.25) is 14.9 Å². The molecule has 2 aromatic carbocycles. The van der Waals surface area contributed by atoms with E-state index in [4.69, 9.17) is 21.1 Å². The van der Waals surface area contributed by atoms with Crippen LogP contribution in [0.2, 0.25) is 5.02 Å². The number of nitrogens with zero attached hydrogens (tertiary/aromatic N) is 1. The number of carbonyl (C=O) groups is 1. The van der Waals surface area contributed by atoms with Crippen LogP contribution >= 0.6 is 11.6 Å². The van der Waals surface area contributed by atoms with Crippen LogP contribution in [0.25, 0.3) is 0 Å². The Balaban J connectivity index is 1.86. The molecule has 7 nitrogen and oxygen atoms in total. The minimum absolute atomic E-state index is 0.158. The molecule has 3 rings (SSSR count). The van der Waals surface area contributed by atoms with E-state index in [1.807, 2.05) is 0 Å². The van der Waals surface area contributed by atoms with Crippen molar-refractivity contribution in [2.24, 2.45) is 0 Å². The van der Waals surface area contributed by atoms with E-state index < -0.39 is 10.8 Å². The van der Waals surface area contributed by atoms with Gasteiger partial charge in [0.2, 0.25) is 0 Å². The largest absolute Gasteiger partial charge is 0.486 e. The lowest BCUT2D eigenvalue weighted by molar-refractivity contribution is -0.384. The maximum absolute atomic E-state index is 12.2. The molecule has 118 valence electrons. The number of nitrogens with one attached hydrogen (secondary N) is 1. The van der Waals surface area contributed by atoms with Crippen LogP contribution in [-0.2, 0) is 0 Å². The monoisotopic (exact) mass is 334 g/mol. The van der Waals surface area contributed by atoms with Gasteiger partial charge in [-0.1, -0.05) is 17.7 Å². The maximum atomic E-state index is 12.2. The van der Waals surface area contributed by atoms with Crippen molar-refractivity contribution >= 4 is 28.9 Å². The molecule has 0 aliphatic carbocycles. The summed E-state index contributed by atoms with van der Waals surface area (Å²) in [5.41, 5.74) is 0.337. The molecule has 1 heterocycles. The SMILES string of the molecule is O=C(Nc1ccc2c(c1Cl)OCCO2)c1cccc([N+](=O)[O-])c1. The zero-order chi connectivity index (χ0) is 16.4. The number of benzene rings is 2. The molecular weight excluding hydrogens is 324 g/mol. The maximum Gasteiger partial charge on any atom is 0.270 e. The predicted molar refractivity (Wildman–Crippen MR) is 83.5 cm³/mol. The normalized spacial score (nSPS) is 12.6. The van der Waals surface area contributed by atoms with Crippen LogP contribution < -0.4 is 14.8 Å². The summed E-state index contributed by atoms with van der Waals surface area (Å²) in [5.74, 6) is 0.372. The van der Waals surface area contributed by atoms with Gasteiger partial charge in [-0.05, 0) is 18.2 Å². The highest BCUT2D eigenvalue weighted by atomic mass is 35.5. The Morgan fingerprint density at radius 3 is 2.78 bits per heavy atom. The van der Waals surface area contributed by atoms with Crippen molar-refractivity contribution in [1.82, 2.24) is 0 Å². The molecule has 0 aromatic heterocycles. The van der Waals surface area contributed by atoms with Gasteiger partial charge in [0.15, 0.2) is 11.5 Å². The van der Waals surface area contributed by atoms with Crippen molar-refractivity contribution in [3.63, 3.8) is 0 Å². The van der Waals surface area contributed by atoms with Gasteiger partial charge in [-0.15, -0.1) is 0 Å². The molecule has 0 atom stereocenters. The lowest BCUT2D eigenvalue weighted by atomic mass is 10.2. The van der Waals surface area contributed by atoms with Crippen LogP contribution in [0, 0.1) is 10.1 Å². The van der Waals surface area contributed by atoms with Crippen molar-refractivity contribution in [3.05, 3.63) is 57.1 Å². The summed E-state index contributed by atoms with van der Waals surface area (Å²) in [6.45, 7) is 0.803. The molecular formula is C15H11ClN2O5. The summed E-state index contributed by atoms with van der Waals surface area (Å²) >= 11 is 6.21. The molecule has 1 N–H and O–H groups in total. The topological polar surface area (TPSA) is 90.7 Å². The summed E-state index contributed by atoms with van der Waals surface area (Å²) in [6.07, 6.45) is 0. The molecule has 1 aliphatic heterocycles. The van der Waals surface area contributed by atoms with E-state index in [0.717, 1.165) is 0 Å². The molecule has 0 unspecified atom stereocenters. The number of halogens is 1. The average Bonchev–Trinajstić information content (AvgIpc) is 2.57. The first-order chi connectivity index (χ1) is 11.1. The van der Waals surface area contributed by atoms with Crippen molar-refractivity contribution in [2.75, 3.05) is 18.5 Å². The molecule has 0 bridgehead atoms. The first-order valence-electron chi connectivity index (χ1n) is 6.70. The standard InChI is InChI=1S/C15H11ClN2O5/c16-13-11(4-5-12-14(13)23-7-6-22-12)17-15(19)9-2-1-3-10(8-9)18(20)21/h1-5,8H,6-7H2,(H,17,19). The minimum atomic E-state index is -0.562. The first-order valence-corrected chi connectivity index (χ1v) is 7.08. The van der Waals surface area contributed by atoms with Crippen molar-refractivity contribution in [2.45, 2.75) is 0 Å². The Kier molecular flexibility index (Phi) is 4.03. The molecule has 2 aromatic rings. The van der Waals surface area contributed by atoms with Gasteiger partial charge in [0, 0.05) is 17.7 Å². The molecule has 1 amide bonds. The Morgan fingerprint density at radius 2 is 2.00 bits per heavy atom. The number of non-ortho nitro benzene ring substituents is 1. The number of ether oxygens (including phenoxy) is 2. The van der Waals surface area contributed by atoms with Crippen LogP contribution in [0.5, 0.6) is 11.5 Å². The fraction of sp³-hybridized carbons (Fsp3) is 0.133. The van der Waals surface area contributed by atoms with Crippen molar-refractivity contribution in [3.8, 4) is 11.5 Å². The lowest BCUT2D eigenvalue weighted by Crippen LogP contribution is -2.17. The molecule has 0 saturated heterocycles. The highest BCUT2D eigenvalue weighted by Gasteiger charge is 2.20. The summed E-state index contributed by atoms with van der Waals surface area (Å²) in [7, 11) is 0. The highest BCUT2D eigenvalue weighted by molar-refractivity contribution is 6.35. The second-order valence-corrected chi connectivity index (χ2v) is 5.09. The zero-order valence-electron chi connectivity index (χ0n) is 11.7. The second kappa shape index (κ2) is 6.13. The number of nitro benzene ring substituents is 1. The first kappa shape index (κ1) is 15.1. The number of rotatable bonds is 3. The van der Waals surface area contributed by atoms with E-state index in [0.29, 0.717) is 30.4 Å². The van der Waals surface area contributed by atoms with Gasteiger partial charge in [-0.25, -0.2) is 0 Å². The number of hydrogen-bond donors (Lipinski definition) is 1. The highest BCUT2D eigenvalue weighted by Crippen LogP contribution is 2.41. The minimum Gasteiger partial charge on any atom is -0.486 e. The van der Waals surface area contributed by atoms with Crippen LogP contribution in [0.3, 0.4) is 0 Å². The van der Waals surface area contributed by atoms with E-state index >= 15 is 0 Å². The molecule has 1 aliphatic rings. The van der Waals surface area contributed by atoms with Gasteiger partial charge in [0.25, 0.3) is 11.6 Å². The van der Waals surface area contributed by atoms with E-state index in [9.17, 15) is 14.9 Å². The van der Waals surface area contributed by atoms with Crippen LogP contribution in [0.4, 0.5) is 11.4 Å². The van der Waals surface area contributed by atoms with Crippen LogP contribution in [-0.4, -0.2) is 24.0 Å². The van der Waals surface area contributed by atoms with Crippen molar-refractivity contribution < 1.29 is 19.2 Å². The fourth-order valence-corrected chi connectivity index (χ4v) is 2.39. The van der Waals surface area contributed by atoms with E-state index in [2.05, 4.69) is 5.32 Å². The molecule has 0 spiro atoms. The molecule has 23 heavy (non-hydrogen) atoms. The van der Waals surface area contributed by atoms with E-state index in [1.165, 1.54) is 24.3 Å². The van der Waals surface area contributed by atoms with Gasteiger partial charge < -0.3 is 14.8 Å². The van der Waals surface area contributed by atoms with Crippen LogP contribution in [0.1, 0.15) is 10.4 Å². The Labute approximate surface area is 135 Å². The summed E-state index contributed by atoms with van der Waals surface area (Å²) in [6, 6.07) is 8.66. The number of amides is 1. The van der Waals surface area contributed by atoms with Crippen molar-refractivity contribution in [1.29, 1.82) is 0 Å². The number of hydrogen-bond acceptors (Lipinski definition) is 5. The zero-order valence-corrected chi connectivity index (χ0v) is 12.5. The average molecular weight is 335 g/mol. The third-order valence-corrected chi connectivity index (χ3v) is 3.59. The predicted octanol–water partition coefficient (Wildman–Crippen LogP) is 3.27. The van der Waals surface area contributed by atoms with Gasteiger partial charge >= 0.3 is 0 Å². The summed E-state index contributed by atoms with van der Waals surface area (Å²) in [5, 5.41) is 13.6. The Bertz CT molecular complexity index is 793. The number of fused-ring (bicyclic) bond motifs is 1. The third-order valence-electron chi connectivity index (χ3n) is 3.22. The van der Waals surface area contributed by atoms with Gasteiger partial charge in [0.1, 0.15) is 18.2 Å². The van der Waals surface area contributed by atoms with E-state index in [1.54, 1.807) is 12.1 Å². The molecule has 0 saturated carbocycles. The molecule has 0 radical (unpaired) electrons. The van der Waals surface area contributed by atoms with Crippen LogP contribution in [0.15, 0.2) is 36.4 Å². The Morgan fingerprint density at radius 1 is 1.22 bits per heavy atom. The smallest absolute Gasteiger partial charge is 0.270 e. The quantitative estimate of drug-likeness (QED) is 0.687. The third kappa shape index (κ3) is 3.04. The lowest BCUT2D eigenvalue weighted by Gasteiger charge is -2.20. The number of anilines is 1. The summed E-state index contributed by atoms with van der Waals surface area (Å²) < 4.78 is 10.8. The second-order valence-electron chi connectivity index (χ2n) is 4.71. The fourth-order valence-electron chi connectivity index (χ4n) is 2.13. The molecule has 8 heteroatoms. The van der Waals surface area contributed by atoms with Gasteiger partial charge in [-0.2, -0.15) is 0 Å². The number of nitro groups is 1.